The van der Waals surface area contributed by atoms with Crippen molar-refractivity contribution in [2.45, 2.75) is 25.3 Å². The molecule has 0 bridgehead atoms. The van der Waals surface area contributed by atoms with Crippen LogP contribution in [0.1, 0.15) is 17.7 Å². The molecule has 2 aliphatic rings. The molecule has 0 radical (unpaired) electrons. The van der Waals surface area contributed by atoms with Gasteiger partial charge in [-0.3, -0.25) is 4.98 Å². The molecule has 0 saturated carbocycles. The molecule has 5 nitrogen and oxygen atoms in total. The standard InChI is InChI=1S/C17H21N5S/c1-2-7-19-15(3-1)17-21-14-5-9-18-8-4-13(14)16(22-17)20-12-6-10-23-11-12/h1-3,7,12,18H,4-6,8-11H2,(H,20,21,22). The highest BCUT2D eigenvalue weighted by Crippen LogP contribution is 2.27. The summed E-state index contributed by atoms with van der Waals surface area (Å²) >= 11 is 2.01. The third-order valence-electron chi connectivity index (χ3n) is 4.35. The van der Waals surface area contributed by atoms with Crippen molar-refractivity contribution in [1.82, 2.24) is 20.3 Å². The van der Waals surface area contributed by atoms with Crippen LogP contribution in [0.2, 0.25) is 0 Å². The number of rotatable bonds is 3. The van der Waals surface area contributed by atoms with Crippen molar-refractivity contribution >= 4 is 17.6 Å². The molecule has 1 fully saturated rings. The Labute approximate surface area is 140 Å². The van der Waals surface area contributed by atoms with Crippen LogP contribution in [0.5, 0.6) is 0 Å². The Bertz CT molecular complexity index is 670. The largest absolute Gasteiger partial charge is 0.366 e. The van der Waals surface area contributed by atoms with Gasteiger partial charge < -0.3 is 10.6 Å². The van der Waals surface area contributed by atoms with Crippen LogP contribution < -0.4 is 10.6 Å². The number of hydrogen-bond acceptors (Lipinski definition) is 6. The van der Waals surface area contributed by atoms with Crippen LogP contribution in [0.25, 0.3) is 11.5 Å². The van der Waals surface area contributed by atoms with Gasteiger partial charge in [0, 0.05) is 36.5 Å². The van der Waals surface area contributed by atoms with Crippen molar-refractivity contribution in [3.63, 3.8) is 0 Å². The molecule has 1 saturated heterocycles. The second kappa shape index (κ2) is 6.84. The van der Waals surface area contributed by atoms with Crippen molar-refractivity contribution < 1.29 is 0 Å². The molecule has 2 N–H and O–H groups in total. The van der Waals surface area contributed by atoms with E-state index in [4.69, 9.17) is 9.97 Å². The number of fused-ring (bicyclic) bond motifs is 1. The highest BCUT2D eigenvalue weighted by molar-refractivity contribution is 7.99. The summed E-state index contributed by atoms with van der Waals surface area (Å²) < 4.78 is 0. The Balaban J connectivity index is 1.74. The van der Waals surface area contributed by atoms with Gasteiger partial charge in [0.2, 0.25) is 0 Å². The van der Waals surface area contributed by atoms with Gasteiger partial charge in [-0.05, 0) is 37.3 Å². The number of pyridine rings is 1. The first-order chi connectivity index (χ1) is 11.4. The van der Waals surface area contributed by atoms with Crippen LogP contribution in [-0.2, 0) is 12.8 Å². The SMILES string of the molecule is c1ccc(-c2nc3c(c(NC4CCSC4)n2)CCNCC3)nc1. The zero-order valence-corrected chi connectivity index (χ0v) is 13.9. The summed E-state index contributed by atoms with van der Waals surface area (Å²) in [4.78, 5) is 14.1. The minimum absolute atomic E-state index is 0.520. The third kappa shape index (κ3) is 3.33. The molecule has 0 spiro atoms. The summed E-state index contributed by atoms with van der Waals surface area (Å²) in [6, 6.07) is 6.41. The van der Waals surface area contributed by atoms with Crippen molar-refractivity contribution in [2.75, 3.05) is 29.9 Å². The summed E-state index contributed by atoms with van der Waals surface area (Å²) in [6.07, 6.45) is 4.94. The monoisotopic (exact) mass is 327 g/mol. The van der Waals surface area contributed by atoms with Gasteiger partial charge >= 0.3 is 0 Å². The van der Waals surface area contributed by atoms with Gasteiger partial charge in [0.15, 0.2) is 5.82 Å². The number of nitrogens with one attached hydrogen (secondary N) is 2. The maximum Gasteiger partial charge on any atom is 0.180 e. The molecule has 4 heterocycles. The van der Waals surface area contributed by atoms with Crippen molar-refractivity contribution in [3.05, 3.63) is 35.7 Å². The van der Waals surface area contributed by atoms with Crippen LogP contribution in [0.3, 0.4) is 0 Å². The number of aromatic nitrogens is 3. The fourth-order valence-electron chi connectivity index (χ4n) is 3.12. The van der Waals surface area contributed by atoms with Gasteiger partial charge in [-0.1, -0.05) is 6.07 Å². The molecule has 2 aromatic heterocycles. The van der Waals surface area contributed by atoms with Crippen LogP contribution in [0.15, 0.2) is 24.4 Å². The summed E-state index contributed by atoms with van der Waals surface area (Å²) in [5.74, 6) is 4.15. The van der Waals surface area contributed by atoms with Crippen LogP contribution in [0, 0.1) is 0 Å². The van der Waals surface area contributed by atoms with Crippen molar-refractivity contribution in [3.8, 4) is 11.5 Å². The lowest BCUT2D eigenvalue weighted by atomic mass is 10.1. The Kier molecular flexibility index (Phi) is 4.43. The molecule has 2 aromatic rings. The molecule has 4 rings (SSSR count). The van der Waals surface area contributed by atoms with E-state index < -0.39 is 0 Å². The normalized spacial score (nSPS) is 20.8. The van der Waals surface area contributed by atoms with Crippen LogP contribution >= 0.6 is 11.8 Å². The number of anilines is 1. The zero-order chi connectivity index (χ0) is 15.5. The second-order valence-corrected chi connectivity index (χ2v) is 7.14. The van der Waals surface area contributed by atoms with E-state index in [1.165, 1.54) is 23.4 Å². The number of nitrogens with zero attached hydrogens (tertiary/aromatic N) is 3. The molecule has 0 amide bonds. The fraction of sp³-hybridized carbons (Fsp3) is 0.471. The van der Waals surface area contributed by atoms with E-state index in [2.05, 4.69) is 15.6 Å². The topological polar surface area (TPSA) is 62.7 Å². The quantitative estimate of drug-likeness (QED) is 0.901. The molecule has 1 unspecified atom stereocenters. The van der Waals surface area contributed by atoms with Gasteiger partial charge in [0.05, 0.1) is 5.69 Å². The summed E-state index contributed by atoms with van der Waals surface area (Å²) in [7, 11) is 0. The van der Waals surface area contributed by atoms with E-state index >= 15 is 0 Å². The Morgan fingerprint density at radius 1 is 1.17 bits per heavy atom. The Morgan fingerprint density at radius 2 is 2.13 bits per heavy atom. The summed E-state index contributed by atoms with van der Waals surface area (Å²) in [5.41, 5.74) is 3.29. The predicted molar refractivity (Wildman–Crippen MR) is 94.9 cm³/mol. The van der Waals surface area contributed by atoms with E-state index in [1.54, 1.807) is 6.20 Å². The maximum absolute atomic E-state index is 4.84. The van der Waals surface area contributed by atoms with Gasteiger partial charge in [0.1, 0.15) is 11.5 Å². The first-order valence-corrected chi connectivity index (χ1v) is 9.42. The highest BCUT2D eigenvalue weighted by atomic mass is 32.2. The Hall–Kier alpha value is -1.66. The van der Waals surface area contributed by atoms with E-state index in [0.717, 1.165) is 49.0 Å². The van der Waals surface area contributed by atoms with E-state index in [0.29, 0.717) is 6.04 Å². The molecule has 6 heteroatoms. The lowest BCUT2D eigenvalue weighted by molar-refractivity contribution is 0.708. The van der Waals surface area contributed by atoms with Gasteiger partial charge in [-0.15, -0.1) is 0 Å². The highest BCUT2D eigenvalue weighted by Gasteiger charge is 2.21. The van der Waals surface area contributed by atoms with Crippen molar-refractivity contribution in [2.24, 2.45) is 0 Å². The summed E-state index contributed by atoms with van der Waals surface area (Å²) in [6.45, 7) is 1.97. The molecule has 120 valence electrons. The summed E-state index contributed by atoms with van der Waals surface area (Å²) in [5, 5.41) is 7.14. The lowest BCUT2D eigenvalue weighted by Gasteiger charge is -2.18. The second-order valence-electron chi connectivity index (χ2n) is 5.99. The zero-order valence-electron chi connectivity index (χ0n) is 13.1. The average Bonchev–Trinajstić information content (AvgIpc) is 2.98. The van der Waals surface area contributed by atoms with Gasteiger partial charge in [-0.25, -0.2) is 9.97 Å². The van der Waals surface area contributed by atoms with Crippen LogP contribution in [-0.4, -0.2) is 45.6 Å². The minimum atomic E-state index is 0.520. The first kappa shape index (κ1) is 14.9. The molecule has 0 aromatic carbocycles. The predicted octanol–water partition coefficient (Wildman–Crippen LogP) is 2.14. The first-order valence-electron chi connectivity index (χ1n) is 8.26. The Morgan fingerprint density at radius 3 is 2.96 bits per heavy atom. The molecule has 0 aliphatic carbocycles. The van der Waals surface area contributed by atoms with Gasteiger partial charge in [0.25, 0.3) is 0 Å². The maximum atomic E-state index is 4.84. The smallest absolute Gasteiger partial charge is 0.180 e. The molecule has 2 aliphatic heterocycles. The van der Waals surface area contributed by atoms with E-state index in [-0.39, 0.29) is 0 Å². The fourth-order valence-corrected chi connectivity index (χ4v) is 4.27. The minimum Gasteiger partial charge on any atom is -0.366 e. The molecule has 1 atom stereocenters. The third-order valence-corrected chi connectivity index (χ3v) is 5.51. The molecular weight excluding hydrogens is 306 g/mol. The van der Waals surface area contributed by atoms with Crippen LogP contribution in [0.4, 0.5) is 5.82 Å². The van der Waals surface area contributed by atoms with Crippen molar-refractivity contribution in [1.29, 1.82) is 0 Å². The average molecular weight is 327 g/mol. The molecule has 23 heavy (non-hydrogen) atoms. The van der Waals surface area contributed by atoms with Gasteiger partial charge in [-0.2, -0.15) is 11.8 Å². The van der Waals surface area contributed by atoms with E-state index in [9.17, 15) is 0 Å². The number of hydrogen-bond donors (Lipinski definition) is 2. The number of thioether (sulfide) groups is 1. The lowest BCUT2D eigenvalue weighted by Crippen LogP contribution is -2.21. The molecular formula is C17H21N5S. The van der Waals surface area contributed by atoms with E-state index in [1.807, 2.05) is 30.0 Å².